The molecule has 3 nitrogen and oxygen atoms in total. The molecule has 0 N–H and O–H groups in total. The van der Waals surface area contributed by atoms with Gasteiger partial charge in [-0.2, -0.15) is 0 Å². The Morgan fingerprint density at radius 1 is 1.26 bits per heavy atom. The van der Waals surface area contributed by atoms with Crippen LogP contribution < -0.4 is 0 Å². The van der Waals surface area contributed by atoms with Crippen LogP contribution >= 0.6 is 0 Å². The van der Waals surface area contributed by atoms with E-state index in [1.165, 1.54) is 6.07 Å². The van der Waals surface area contributed by atoms with Gasteiger partial charge in [-0.15, -0.1) is 0 Å². The number of rotatable bonds is 1. The third-order valence-corrected chi connectivity index (χ3v) is 3.95. The van der Waals surface area contributed by atoms with E-state index in [0.29, 0.717) is 12.1 Å². The summed E-state index contributed by atoms with van der Waals surface area (Å²) in [7, 11) is 0. The average Bonchev–Trinajstić information content (AvgIpc) is 2.83. The Morgan fingerprint density at radius 3 is 2.68 bits per heavy atom. The van der Waals surface area contributed by atoms with Gasteiger partial charge in [-0.1, -0.05) is 6.07 Å². The van der Waals surface area contributed by atoms with Crippen molar-refractivity contribution in [1.29, 1.82) is 0 Å². The van der Waals surface area contributed by atoms with Crippen molar-refractivity contribution in [3.05, 3.63) is 35.4 Å². The fourth-order valence-electron chi connectivity index (χ4n) is 2.99. The number of carbonyl (C=O) groups excluding carboxylic acids is 1. The zero-order valence-electron chi connectivity index (χ0n) is 11.0. The fraction of sp³-hybridized carbons (Fsp3) is 0.500. The highest BCUT2D eigenvalue weighted by Gasteiger charge is 2.50. The monoisotopic (exact) mass is 266 g/mol. The van der Waals surface area contributed by atoms with Gasteiger partial charge in [0.25, 0.3) is 0 Å². The molecule has 19 heavy (non-hydrogen) atoms. The predicted molar refractivity (Wildman–Crippen MR) is 65.9 cm³/mol. The number of nitrogens with zero attached hydrogens (tertiary/aromatic N) is 2. The Bertz CT molecular complexity index is 544. The Morgan fingerprint density at radius 2 is 2.00 bits per heavy atom. The molecule has 0 unspecified atom stereocenters. The van der Waals surface area contributed by atoms with E-state index in [1.54, 1.807) is 11.1 Å². The average molecular weight is 266 g/mol. The van der Waals surface area contributed by atoms with Crippen LogP contribution in [0.2, 0.25) is 0 Å². The molecule has 0 aliphatic carbocycles. The fourth-order valence-corrected chi connectivity index (χ4v) is 2.99. The molecule has 2 aliphatic heterocycles. The molecule has 1 aromatic rings. The van der Waals surface area contributed by atoms with Crippen molar-refractivity contribution in [3.63, 3.8) is 0 Å². The van der Waals surface area contributed by atoms with E-state index in [4.69, 9.17) is 0 Å². The second kappa shape index (κ2) is 4.00. The number of carbonyl (C=O) groups is 1. The van der Waals surface area contributed by atoms with E-state index < -0.39 is 17.0 Å². The van der Waals surface area contributed by atoms with Gasteiger partial charge in [0.2, 0.25) is 5.91 Å². The van der Waals surface area contributed by atoms with Gasteiger partial charge in [-0.25, -0.2) is 13.8 Å². The molecule has 2 fully saturated rings. The molecule has 1 amide bonds. The summed E-state index contributed by atoms with van der Waals surface area (Å²) in [4.78, 5) is 12.4. The maximum absolute atomic E-state index is 13.3. The number of benzene rings is 1. The number of halogens is 2. The van der Waals surface area contributed by atoms with E-state index >= 15 is 0 Å². The minimum absolute atomic E-state index is 0.0553. The van der Waals surface area contributed by atoms with Gasteiger partial charge in [0.05, 0.1) is 11.5 Å². The first kappa shape index (κ1) is 12.5. The summed E-state index contributed by atoms with van der Waals surface area (Å²) in [6.45, 7) is 5.29. The molecule has 0 bridgehead atoms. The molecule has 0 saturated carbocycles. The summed E-state index contributed by atoms with van der Waals surface area (Å²) in [5, 5.41) is 3.72. The Balaban J connectivity index is 1.94. The lowest BCUT2D eigenvalue weighted by atomic mass is 9.92. The second-order valence-corrected chi connectivity index (χ2v) is 5.90. The number of hydrogen-bond donors (Lipinski definition) is 0. The topological polar surface area (TPSA) is 23.6 Å². The quantitative estimate of drug-likeness (QED) is 0.779. The molecule has 2 aliphatic rings. The van der Waals surface area contributed by atoms with Crippen molar-refractivity contribution >= 4 is 5.91 Å². The predicted octanol–water partition coefficient (Wildman–Crippen LogP) is 2.50. The molecule has 0 radical (unpaired) electrons. The summed E-state index contributed by atoms with van der Waals surface area (Å²) < 4.78 is 26.3. The van der Waals surface area contributed by atoms with Gasteiger partial charge in [-0.3, -0.25) is 9.80 Å². The molecule has 3 rings (SSSR count). The van der Waals surface area contributed by atoms with Gasteiger partial charge in [-0.05, 0) is 38.0 Å². The minimum Gasteiger partial charge on any atom is -0.273 e. The molecule has 1 aromatic carbocycles. The summed E-state index contributed by atoms with van der Waals surface area (Å²) in [6, 6.07) is 3.70. The van der Waals surface area contributed by atoms with E-state index in [1.807, 2.05) is 18.9 Å². The lowest BCUT2D eigenvalue weighted by Crippen LogP contribution is -2.35. The summed E-state index contributed by atoms with van der Waals surface area (Å²) in [6.07, 6.45) is 0.757. The van der Waals surface area contributed by atoms with Crippen LogP contribution in [0.3, 0.4) is 0 Å². The smallest absolute Gasteiger partial charge is 0.244 e. The zero-order valence-corrected chi connectivity index (χ0v) is 11.0. The first-order valence-electron chi connectivity index (χ1n) is 6.43. The Labute approximate surface area is 110 Å². The first-order valence-corrected chi connectivity index (χ1v) is 6.43. The molecule has 1 atom stereocenters. The van der Waals surface area contributed by atoms with Gasteiger partial charge >= 0.3 is 0 Å². The van der Waals surface area contributed by atoms with Crippen LogP contribution in [0.15, 0.2) is 18.2 Å². The standard InChI is InChI=1S/C14H16F2N2O/c1-14(2)8-17-6-5-12(18(17)13(14)19)9-3-4-10(15)11(16)7-9/h3-4,7,12H,5-6,8H2,1-2H3/t12-/m0/s1. The van der Waals surface area contributed by atoms with E-state index in [9.17, 15) is 13.6 Å². The highest BCUT2D eigenvalue weighted by Crippen LogP contribution is 2.42. The molecule has 2 heterocycles. The highest BCUT2D eigenvalue weighted by atomic mass is 19.2. The SMILES string of the molecule is CC1(C)CN2CC[C@@H](c3ccc(F)c(F)c3)N2C1=O. The van der Waals surface area contributed by atoms with Crippen LogP contribution in [0.25, 0.3) is 0 Å². The molecule has 0 spiro atoms. The van der Waals surface area contributed by atoms with E-state index in [0.717, 1.165) is 19.0 Å². The molecular formula is C14H16F2N2O. The normalized spacial score (nSPS) is 26.0. The van der Waals surface area contributed by atoms with Gasteiger partial charge < -0.3 is 0 Å². The van der Waals surface area contributed by atoms with Crippen molar-refractivity contribution in [2.24, 2.45) is 5.41 Å². The van der Waals surface area contributed by atoms with Crippen molar-refractivity contribution in [2.45, 2.75) is 26.3 Å². The summed E-state index contributed by atoms with van der Waals surface area (Å²) >= 11 is 0. The number of hydrogen-bond acceptors (Lipinski definition) is 2. The Hall–Kier alpha value is -1.49. The molecular weight excluding hydrogens is 250 g/mol. The molecule has 5 heteroatoms. The van der Waals surface area contributed by atoms with E-state index in [2.05, 4.69) is 0 Å². The van der Waals surface area contributed by atoms with Crippen LogP contribution in [-0.2, 0) is 4.79 Å². The molecule has 2 saturated heterocycles. The zero-order chi connectivity index (χ0) is 13.8. The Kier molecular flexibility index (Phi) is 2.64. The summed E-state index contributed by atoms with van der Waals surface area (Å²) in [5.41, 5.74) is 0.254. The van der Waals surface area contributed by atoms with Crippen LogP contribution in [0.5, 0.6) is 0 Å². The summed E-state index contributed by atoms with van der Waals surface area (Å²) in [5.74, 6) is -1.66. The lowest BCUT2D eigenvalue weighted by Gasteiger charge is -2.26. The maximum atomic E-state index is 13.3. The highest BCUT2D eigenvalue weighted by molar-refractivity contribution is 5.84. The first-order chi connectivity index (χ1) is 8.90. The molecule has 102 valence electrons. The third kappa shape index (κ3) is 1.84. The number of amides is 1. The second-order valence-electron chi connectivity index (χ2n) is 5.90. The lowest BCUT2D eigenvalue weighted by molar-refractivity contribution is -0.142. The van der Waals surface area contributed by atoms with Crippen LogP contribution in [0.4, 0.5) is 8.78 Å². The van der Waals surface area contributed by atoms with Crippen LogP contribution in [0, 0.1) is 17.0 Å². The largest absolute Gasteiger partial charge is 0.273 e. The maximum Gasteiger partial charge on any atom is 0.244 e. The van der Waals surface area contributed by atoms with E-state index in [-0.39, 0.29) is 11.9 Å². The number of fused-ring (bicyclic) bond motifs is 1. The van der Waals surface area contributed by atoms with Crippen LogP contribution in [-0.4, -0.2) is 29.0 Å². The van der Waals surface area contributed by atoms with Crippen molar-refractivity contribution < 1.29 is 13.6 Å². The third-order valence-electron chi connectivity index (χ3n) is 3.95. The van der Waals surface area contributed by atoms with Crippen molar-refractivity contribution in [2.75, 3.05) is 13.1 Å². The van der Waals surface area contributed by atoms with Gasteiger partial charge in [0.1, 0.15) is 0 Å². The number of hydrazine groups is 1. The van der Waals surface area contributed by atoms with Gasteiger partial charge in [0, 0.05) is 13.1 Å². The minimum atomic E-state index is -0.859. The van der Waals surface area contributed by atoms with Crippen LogP contribution in [0.1, 0.15) is 31.9 Å². The molecule has 0 aromatic heterocycles. The van der Waals surface area contributed by atoms with Crippen molar-refractivity contribution in [3.8, 4) is 0 Å². The van der Waals surface area contributed by atoms with Crippen molar-refractivity contribution in [1.82, 2.24) is 10.0 Å². The van der Waals surface area contributed by atoms with Gasteiger partial charge in [0.15, 0.2) is 11.6 Å².